The van der Waals surface area contributed by atoms with Crippen LogP contribution in [0, 0.1) is 5.82 Å². The zero-order valence-electron chi connectivity index (χ0n) is 10.2. The van der Waals surface area contributed by atoms with Crippen LogP contribution < -0.4 is 0 Å². The predicted octanol–water partition coefficient (Wildman–Crippen LogP) is 3.24. The average molecular weight is 313 g/mol. The van der Waals surface area contributed by atoms with E-state index in [9.17, 15) is 18.7 Å². The Balaban J connectivity index is 3.19. The first kappa shape index (κ1) is 16.1. The van der Waals surface area contributed by atoms with Crippen molar-refractivity contribution in [2.24, 2.45) is 0 Å². The highest BCUT2D eigenvalue weighted by Crippen LogP contribution is 2.35. The number of carbonyl (C=O) groups excluding carboxylic acids is 1. The van der Waals surface area contributed by atoms with Crippen molar-refractivity contribution >= 4 is 29.2 Å². The van der Waals surface area contributed by atoms with E-state index < -0.39 is 23.6 Å². The van der Waals surface area contributed by atoms with Gasteiger partial charge in [0.25, 0.3) is 0 Å². The third kappa shape index (κ3) is 3.35. The summed E-state index contributed by atoms with van der Waals surface area (Å²) in [6, 6.07) is 1.82. The topological polar surface area (TPSA) is 46.5 Å². The lowest BCUT2D eigenvalue weighted by molar-refractivity contribution is -0.160. The van der Waals surface area contributed by atoms with Crippen molar-refractivity contribution in [3.05, 3.63) is 33.6 Å². The van der Waals surface area contributed by atoms with E-state index in [1.165, 1.54) is 6.92 Å². The summed E-state index contributed by atoms with van der Waals surface area (Å²) in [7, 11) is 0. The molecule has 1 aromatic rings. The second kappa shape index (κ2) is 6.03. The zero-order valence-corrected chi connectivity index (χ0v) is 11.7. The van der Waals surface area contributed by atoms with Crippen molar-refractivity contribution < 1.29 is 23.4 Å². The highest BCUT2D eigenvalue weighted by atomic mass is 35.5. The van der Waals surface area contributed by atoms with Crippen LogP contribution in [0.4, 0.5) is 8.78 Å². The number of hydrogen-bond acceptors (Lipinski definition) is 3. The van der Waals surface area contributed by atoms with Crippen LogP contribution in [0.2, 0.25) is 10.0 Å². The number of esters is 1. The molecule has 0 heterocycles. The van der Waals surface area contributed by atoms with Crippen LogP contribution in [0.3, 0.4) is 0 Å². The summed E-state index contributed by atoms with van der Waals surface area (Å²) in [4.78, 5) is 11.3. The van der Waals surface area contributed by atoms with Gasteiger partial charge in [-0.25, -0.2) is 13.6 Å². The van der Waals surface area contributed by atoms with Gasteiger partial charge in [-0.15, -0.1) is 0 Å². The maximum absolute atomic E-state index is 13.9. The van der Waals surface area contributed by atoms with E-state index in [0.717, 1.165) is 19.1 Å². The maximum Gasteiger partial charge on any atom is 0.344 e. The molecule has 106 valence electrons. The summed E-state index contributed by atoms with van der Waals surface area (Å²) in [6.45, 7) is 2.45. The molecule has 0 saturated carbocycles. The molecule has 7 heteroatoms. The molecule has 0 aromatic heterocycles. The summed E-state index contributed by atoms with van der Waals surface area (Å²) in [5.41, 5.74) is -2.61. The summed E-state index contributed by atoms with van der Waals surface area (Å²) < 4.78 is 31.8. The Morgan fingerprint density at radius 1 is 1.47 bits per heavy atom. The second-order valence-electron chi connectivity index (χ2n) is 4.01. The van der Waals surface area contributed by atoms with Gasteiger partial charge < -0.3 is 9.84 Å². The van der Waals surface area contributed by atoms with Crippen LogP contribution in [0.15, 0.2) is 12.1 Å². The van der Waals surface area contributed by atoms with E-state index in [0.29, 0.717) is 0 Å². The van der Waals surface area contributed by atoms with Gasteiger partial charge in [0.05, 0.1) is 11.6 Å². The molecule has 0 saturated heterocycles. The molecule has 0 fully saturated rings. The molecule has 0 aliphatic heterocycles. The number of halogens is 4. The lowest BCUT2D eigenvalue weighted by Crippen LogP contribution is -2.40. The quantitative estimate of drug-likeness (QED) is 0.686. The normalized spacial score (nSPS) is 15.7. The van der Waals surface area contributed by atoms with Gasteiger partial charge in [-0.2, -0.15) is 0 Å². The summed E-state index contributed by atoms with van der Waals surface area (Å²) in [6.07, 6.45) is -2.40. The Morgan fingerprint density at radius 3 is 2.58 bits per heavy atom. The lowest BCUT2D eigenvalue weighted by Gasteiger charge is -2.27. The summed E-state index contributed by atoms with van der Waals surface area (Å²) in [5.74, 6) is -2.13. The lowest BCUT2D eigenvalue weighted by atomic mass is 9.91. The first-order chi connectivity index (χ1) is 8.71. The third-order valence-corrected chi connectivity index (χ3v) is 3.14. The van der Waals surface area contributed by atoms with Crippen molar-refractivity contribution in [1.82, 2.24) is 0 Å². The number of hydrogen-bond donors (Lipinski definition) is 1. The molecule has 0 spiro atoms. The van der Waals surface area contributed by atoms with Crippen LogP contribution in [0.1, 0.15) is 19.4 Å². The van der Waals surface area contributed by atoms with Crippen LogP contribution in [-0.4, -0.2) is 23.9 Å². The molecule has 2 unspecified atom stereocenters. The SMILES string of the molecule is CCOC(=O)C(F)C(C)(O)c1cc(F)c(Cl)cc1Cl. The average Bonchev–Trinajstić information content (AvgIpc) is 2.32. The smallest absolute Gasteiger partial charge is 0.344 e. The molecule has 0 amide bonds. The third-order valence-electron chi connectivity index (χ3n) is 2.54. The molecule has 1 aromatic carbocycles. The number of rotatable bonds is 4. The van der Waals surface area contributed by atoms with Gasteiger partial charge in [-0.05, 0) is 26.0 Å². The fourth-order valence-corrected chi connectivity index (χ4v) is 2.07. The monoisotopic (exact) mass is 312 g/mol. The fraction of sp³-hybridized carbons (Fsp3) is 0.417. The maximum atomic E-state index is 13.9. The van der Waals surface area contributed by atoms with Crippen molar-refractivity contribution in [2.45, 2.75) is 25.6 Å². The summed E-state index contributed by atoms with van der Waals surface area (Å²) >= 11 is 11.3. The van der Waals surface area contributed by atoms with Crippen molar-refractivity contribution in [3.8, 4) is 0 Å². The molecular formula is C12H12Cl2F2O3. The van der Waals surface area contributed by atoms with Crippen molar-refractivity contribution in [1.29, 1.82) is 0 Å². The molecule has 0 aliphatic carbocycles. The van der Waals surface area contributed by atoms with Crippen LogP contribution in [0.5, 0.6) is 0 Å². The molecule has 1 rings (SSSR count). The zero-order chi connectivity index (χ0) is 14.8. The fourth-order valence-electron chi connectivity index (χ4n) is 1.49. The predicted molar refractivity (Wildman–Crippen MR) is 67.5 cm³/mol. The minimum Gasteiger partial charge on any atom is -0.464 e. The van der Waals surface area contributed by atoms with E-state index in [1.807, 2.05) is 0 Å². The minimum atomic E-state index is -2.40. The van der Waals surface area contributed by atoms with Gasteiger partial charge in [0.2, 0.25) is 6.17 Å². The Hall–Kier alpha value is -0.910. The van der Waals surface area contributed by atoms with Gasteiger partial charge in [0, 0.05) is 10.6 Å². The number of ether oxygens (including phenoxy) is 1. The first-order valence-electron chi connectivity index (χ1n) is 5.39. The Morgan fingerprint density at radius 2 is 2.05 bits per heavy atom. The largest absolute Gasteiger partial charge is 0.464 e. The number of alkyl halides is 1. The van der Waals surface area contributed by atoms with Crippen molar-refractivity contribution in [2.75, 3.05) is 6.61 Å². The molecule has 1 N–H and O–H groups in total. The summed E-state index contributed by atoms with van der Waals surface area (Å²) in [5, 5.41) is 9.66. The molecule has 0 aliphatic rings. The van der Waals surface area contributed by atoms with E-state index in [2.05, 4.69) is 4.74 Å². The van der Waals surface area contributed by atoms with Gasteiger partial charge in [-0.1, -0.05) is 23.2 Å². The van der Waals surface area contributed by atoms with Gasteiger partial charge in [-0.3, -0.25) is 0 Å². The molecule has 2 atom stereocenters. The minimum absolute atomic E-state index is 0.0436. The highest BCUT2D eigenvalue weighted by molar-refractivity contribution is 6.35. The molecular weight excluding hydrogens is 301 g/mol. The number of carbonyl (C=O) groups is 1. The van der Waals surface area contributed by atoms with E-state index >= 15 is 0 Å². The Labute approximate surface area is 119 Å². The first-order valence-corrected chi connectivity index (χ1v) is 6.15. The highest BCUT2D eigenvalue weighted by Gasteiger charge is 2.42. The van der Waals surface area contributed by atoms with Crippen molar-refractivity contribution in [3.63, 3.8) is 0 Å². The van der Waals surface area contributed by atoms with Crippen LogP contribution in [0.25, 0.3) is 0 Å². The number of benzene rings is 1. The second-order valence-corrected chi connectivity index (χ2v) is 4.82. The van der Waals surface area contributed by atoms with Gasteiger partial charge in [0.15, 0.2) is 0 Å². The molecule has 0 bridgehead atoms. The molecule has 19 heavy (non-hydrogen) atoms. The van der Waals surface area contributed by atoms with Gasteiger partial charge in [0.1, 0.15) is 11.4 Å². The van der Waals surface area contributed by atoms with E-state index in [-0.39, 0.29) is 22.2 Å². The van der Waals surface area contributed by atoms with E-state index in [1.54, 1.807) is 0 Å². The van der Waals surface area contributed by atoms with Crippen LogP contribution in [-0.2, 0) is 15.1 Å². The van der Waals surface area contributed by atoms with E-state index in [4.69, 9.17) is 23.2 Å². The van der Waals surface area contributed by atoms with Crippen LogP contribution >= 0.6 is 23.2 Å². The Bertz CT molecular complexity index is 492. The molecule has 3 nitrogen and oxygen atoms in total. The molecule has 0 radical (unpaired) electrons. The number of aliphatic hydroxyl groups is 1. The standard InChI is InChI=1S/C12H12Cl2F2O3/c1-3-19-11(17)10(16)12(2,18)6-4-9(15)8(14)5-7(6)13/h4-5,10,18H,3H2,1-2H3. The van der Waals surface area contributed by atoms with Gasteiger partial charge >= 0.3 is 5.97 Å². The Kier molecular flexibility index (Phi) is 5.12.